The fourth-order valence-corrected chi connectivity index (χ4v) is 4.77. The number of aliphatic carboxylic acids is 1. The van der Waals surface area contributed by atoms with Gasteiger partial charge < -0.3 is 35.0 Å². The minimum Gasteiger partial charge on any atom is -0.493 e. The third kappa shape index (κ3) is 8.71. The maximum atomic E-state index is 11.3. The number of aliphatic hydroxyl groups is 2. The van der Waals surface area contributed by atoms with Crippen LogP contribution in [0.3, 0.4) is 0 Å². The van der Waals surface area contributed by atoms with Crippen LogP contribution in [0.1, 0.15) is 36.8 Å². The number of aliphatic hydroxyl groups excluding tert-OH is 2. The van der Waals surface area contributed by atoms with E-state index < -0.39 is 12.1 Å². The van der Waals surface area contributed by atoms with Gasteiger partial charge in [0, 0.05) is 19.6 Å². The van der Waals surface area contributed by atoms with Crippen molar-refractivity contribution in [3.8, 4) is 22.6 Å². The van der Waals surface area contributed by atoms with E-state index in [0.717, 1.165) is 72.5 Å². The molecular weight excluding hydrogens is 472 g/mol. The molecule has 0 aromatic heterocycles. The third-order valence-electron chi connectivity index (χ3n) is 6.94. The first kappa shape index (κ1) is 28.9. The molecule has 1 heterocycles. The van der Waals surface area contributed by atoms with Crippen LogP contribution < -0.4 is 14.8 Å². The number of hydrogen-bond acceptors (Lipinski definition) is 7. The number of rotatable bonds is 15. The Balaban J connectivity index is 1.52. The summed E-state index contributed by atoms with van der Waals surface area (Å²) in [6.07, 6.45) is 2.62. The van der Waals surface area contributed by atoms with Crippen LogP contribution in [0.5, 0.6) is 11.5 Å². The van der Waals surface area contributed by atoms with Gasteiger partial charge in [0.05, 0.1) is 31.8 Å². The van der Waals surface area contributed by atoms with Gasteiger partial charge in [0.15, 0.2) is 0 Å². The summed E-state index contributed by atoms with van der Waals surface area (Å²) in [5, 5.41) is 30.6. The van der Waals surface area contributed by atoms with Gasteiger partial charge in [-0.2, -0.15) is 0 Å². The van der Waals surface area contributed by atoms with Crippen LogP contribution >= 0.6 is 0 Å². The lowest BCUT2D eigenvalue weighted by Crippen LogP contribution is -2.39. The van der Waals surface area contributed by atoms with Gasteiger partial charge in [0.25, 0.3) is 0 Å². The molecule has 0 saturated carbocycles. The number of nitrogens with one attached hydrogen (secondary N) is 1. The van der Waals surface area contributed by atoms with Crippen LogP contribution in [0, 0.1) is 19.8 Å². The Hall–Kier alpha value is -2.65. The number of piperidine rings is 1. The summed E-state index contributed by atoms with van der Waals surface area (Å²) in [4.78, 5) is 13.5. The van der Waals surface area contributed by atoms with Crippen molar-refractivity contribution in [1.29, 1.82) is 0 Å². The van der Waals surface area contributed by atoms with Crippen molar-refractivity contribution in [2.75, 3.05) is 52.5 Å². The molecule has 1 saturated heterocycles. The predicted molar refractivity (Wildman–Crippen MR) is 144 cm³/mol. The summed E-state index contributed by atoms with van der Waals surface area (Å²) in [5.74, 6) is 0.769. The van der Waals surface area contributed by atoms with Crippen molar-refractivity contribution < 1.29 is 29.6 Å². The highest BCUT2D eigenvalue weighted by Gasteiger charge is 2.24. The highest BCUT2D eigenvalue weighted by molar-refractivity contribution is 5.74. The lowest BCUT2D eigenvalue weighted by Gasteiger charge is -2.30. The van der Waals surface area contributed by atoms with E-state index in [1.807, 2.05) is 24.3 Å². The fourth-order valence-electron chi connectivity index (χ4n) is 4.77. The van der Waals surface area contributed by atoms with Crippen molar-refractivity contribution >= 4 is 5.97 Å². The van der Waals surface area contributed by atoms with Crippen molar-refractivity contribution in [1.82, 2.24) is 10.2 Å². The van der Waals surface area contributed by atoms with Gasteiger partial charge in [0.1, 0.15) is 11.5 Å². The lowest BCUT2D eigenvalue weighted by molar-refractivity contribution is -0.143. The van der Waals surface area contributed by atoms with E-state index in [-0.39, 0.29) is 12.5 Å². The Kier molecular flexibility index (Phi) is 11.7. The molecule has 0 amide bonds. The first-order valence-corrected chi connectivity index (χ1v) is 13.3. The number of nitrogens with zero attached hydrogens (tertiary/aromatic N) is 1. The highest BCUT2D eigenvalue weighted by Crippen LogP contribution is 2.35. The van der Waals surface area contributed by atoms with Crippen LogP contribution in [-0.4, -0.2) is 84.8 Å². The molecule has 8 heteroatoms. The average molecular weight is 515 g/mol. The van der Waals surface area contributed by atoms with Crippen LogP contribution in [-0.2, 0) is 4.79 Å². The molecule has 4 N–H and O–H groups in total. The largest absolute Gasteiger partial charge is 0.493 e. The molecule has 0 aliphatic carbocycles. The Morgan fingerprint density at radius 2 is 1.68 bits per heavy atom. The van der Waals surface area contributed by atoms with Gasteiger partial charge in [0.2, 0.25) is 0 Å². The second kappa shape index (κ2) is 14.9. The van der Waals surface area contributed by atoms with E-state index in [1.54, 1.807) is 0 Å². The topological polar surface area (TPSA) is 111 Å². The van der Waals surface area contributed by atoms with Gasteiger partial charge in [-0.15, -0.1) is 0 Å². The number of carbonyl (C=O) groups is 1. The molecule has 2 atom stereocenters. The first-order chi connectivity index (χ1) is 17.9. The monoisotopic (exact) mass is 514 g/mol. The molecule has 0 bridgehead atoms. The van der Waals surface area contributed by atoms with E-state index in [2.05, 4.69) is 36.2 Å². The highest BCUT2D eigenvalue weighted by atomic mass is 16.5. The van der Waals surface area contributed by atoms with Crippen molar-refractivity contribution in [2.24, 2.45) is 5.92 Å². The lowest BCUT2D eigenvalue weighted by atomic mass is 9.95. The molecule has 2 aromatic carbocycles. The summed E-state index contributed by atoms with van der Waals surface area (Å²) >= 11 is 0. The van der Waals surface area contributed by atoms with Crippen LogP contribution in [0.25, 0.3) is 11.1 Å². The smallest absolute Gasteiger partial charge is 0.307 e. The van der Waals surface area contributed by atoms with Gasteiger partial charge in [-0.3, -0.25) is 4.79 Å². The number of carboxylic acid groups (broad SMARTS) is 1. The average Bonchev–Trinajstić information content (AvgIpc) is 2.90. The quantitative estimate of drug-likeness (QED) is 0.268. The third-order valence-corrected chi connectivity index (χ3v) is 6.94. The maximum Gasteiger partial charge on any atom is 0.307 e. The standard InChI is InChI=1S/C29H42N2O6/c1-21-25(9-3-11-27(21)36-16-6-13-30-18-24(33)20-32)26-10-4-12-28(22(26)2)37-17-7-15-31-14-5-8-23(19-31)29(34)35/h3-4,9-12,23-24,30,32-33H,5-8,13-20H2,1-2H3,(H,34,35)/t23-,24-/m0/s1. The summed E-state index contributed by atoms with van der Waals surface area (Å²) in [6, 6.07) is 12.2. The second-order valence-corrected chi connectivity index (χ2v) is 9.78. The number of likely N-dealkylation sites (tertiary alicyclic amines) is 1. The van der Waals surface area contributed by atoms with Gasteiger partial charge in [-0.25, -0.2) is 0 Å². The Morgan fingerprint density at radius 3 is 2.27 bits per heavy atom. The normalized spacial score (nSPS) is 16.9. The molecular formula is C29H42N2O6. The molecule has 0 spiro atoms. The zero-order valence-corrected chi connectivity index (χ0v) is 22.1. The zero-order valence-electron chi connectivity index (χ0n) is 22.1. The Bertz CT molecular complexity index is 998. The van der Waals surface area contributed by atoms with Gasteiger partial charge in [-0.05, 0) is 87.0 Å². The van der Waals surface area contributed by atoms with E-state index in [0.29, 0.717) is 32.8 Å². The molecule has 8 nitrogen and oxygen atoms in total. The van der Waals surface area contributed by atoms with E-state index in [9.17, 15) is 15.0 Å². The maximum absolute atomic E-state index is 11.3. The number of carboxylic acids is 1. The molecule has 37 heavy (non-hydrogen) atoms. The van der Waals surface area contributed by atoms with Gasteiger partial charge >= 0.3 is 5.97 Å². The predicted octanol–water partition coefficient (Wildman–Crippen LogP) is 3.25. The number of benzene rings is 2. The number of ether oxygens (including phenoxy) is 2. The van der Waals surface area contributed by atoms with Crippen molar-refractivity contribution in [3.05, 3.63) is 47.5 Å². The molecule has 1 fully saturated rings. The van der Waals surface area contributed by atoms with Crippen LogP contribution in [0.4, 0.5) is 0 Å². The minimum absolute atomic E-state index is 0.241. The molecule has 2 aromatic rings. The Morgan fingerprint density at radius 1 is 1.05 bits per heavy atom. The first-order valence-electron chi connectivity index (χ1n) is 13.3. The van der Waals surface area contributed by atoms with Gasteiger partial charge in [-0.1, -0.05) is 24.3 Å². The second-order valence-electron chi connectivity index (χ2n) is 9.78. The molecule has 1 aliphatic heterocycles. The van der Waals surface area contributed by atoms with Crippen LogP contribution in [0.15, 0.2) is 36.4 Å². The summed E-state index contributed by atoms with van der Waals surface area (Å²) < 4.78 is 12.2. The molecule has 204 valence electrons. The summed E-state index contributed by atoms with van der Waals surface area (Å²) in [5.41, 5.74) is 4.38. The van der Waals surface area contributed by atoms with Crippen molar-refractivity contribution in [3.63, 3.8) is 0 Å². The fraction of sp³-hybridized carbons (Fsp3) is 0.552. The zero-order chi connectivity index (χ0) is 26.6. The summed E-state index contributed by atoms with van der Waals surface area (Å²) in [7, 11) is 0. The van der Waals surface area contributed by atoms with E-state index >= 15 is 0 Å². The molecule has 0 unspecified atom stereocenters. The minimum atomic E-state index is -0.732. The Labute approximate surface area is 220 Å². The molecule has 0 radical (unpaired) electrons. The van der Waals surface area contributed by atoms with E-state index in [4.69, 9.17) is 14.6 Å². The van der Waals surface area contributed by atoms with Crippen LogP contribution in [0.2, 0.25) is 0 Å². The van der Waals surface area contributed by atoms with E-state index in [1.165, 1.54) is 0 Å². The molecule has 3 rings (SSSR count). The summed E-state index contributed by atoms with van der Waals surface area (Å²) in [6.45, 7) is 8.54. The SMILES string of the molecule is Cc1c(OCCCNC[C@H](O)CO)cccc1-c1cccc(OCCCN2CCC[C@H](C(=O)O)C2)c1C. The van der Waals surface area contributed by atoms with Crippen molar-refractivity contribution in [2.45, 2.75) is 45.6 Å². The molecule has 1 aliphatic rings. The number of hydrogen-bond donors (Lipinski definition) is 4.